The summed E-state index contributed by atoms with van der Waals surface area (Å²) in [7, 11) is 2.09. The molecule has 0 spiro atoms. The molecule has 1 heterocycles. The molecule has 26 heavy (non-hydrogen) atoms. The maximum atomic E-state index is 12.2. The minimum atomic E-state index is -0.889. The Labute approximate surface area is 155 Å². The first-order valence-electron chi connectivity index (χ1n) is 9.26. The molecule has 1 aromatic carbocycles. The Morgan fingerprint density at radius 1 is 1.15 bits per heavy atom. The van der Waals surface area contributed by atoms with Crippen molar-refractivity contribution in [3.63, 3.8) is 0 Å². The molecule has 5 N–H and O–H groups in total. The van der Waals surface area contributed by atoms with E-state index in [1.807, 2.05) is 6.92 Å². The van der Waals surface area contributed by atoms with Crippen LogP contribution in [-0.2, 0) is 4.79 Å². The predicted molar refractivity (Wildman–Crippen MR) is 105 cm³/mol. The molecule has 1 unspecified atom stereocenters. The molecule has 0 aromatic heterocycles. The molecule has 0 radical (unpaired) electrons. The van der Waals surface area contributed by atoms with E-state index in [0.29, 0.717) is 17.8 Å². The van der Waals surface area contributed by atoms with Crippen LogP contribution in [0.2, 0.25) is 0 Å². The summed E-state index contributed by atoms with van der Waals surface area (Å²) in [6.45, 7) is 5.72. The third kappa shape index (κ3) is 6.00. The summed E-state index contributed by atoms with van der Waals surface area (Å²) < 4.78 is 0. The number of likely N-dealkylation sites (tertiary alicyclic amines) is 1. The summed E-state index contributed by atoms with van der Waals surface area (Å²) >= 11 is 0. The number of piperidine rings is 1. The van der Waals surface area contributed by atoms with Gasteiger partial charge in [0.05, 0.1) is 5.54 Å². The number of nitrogens with two attached hydrogens (primary N) is 1. The van der Waals surface area contributed by atoms with Gasteiger partial charge >= 0.3 is 6.03 Å². The summed E-state index contributed by atoms with van der Waals surface area (Å²) in [4.78, 5) is 26.6. The molecule has 1 aromatic rings. The Morgan fingerprint density at radius 2 is 1.69 bits per heavy atom. The van der Waals surface area contributed by atoms with Crippen molar-refractivity contribution in [2.75, 3.05) is 30.8 Å². The van der Waals surface area contributed by atoms with Crippen molar-refractivity contribution in [3.05, 3.63) is 24.3 Å². The van der Waals surface area contributed by atoms with Crippen LogP contribution in [0, 0.1) is 0 Å². The zero-order valence-electron chi connectivity index (χ0n) is 16.0. The van der Waals surface area contributed by atoms with Crippen LogP contribution in [-0.4, -0.2) is 48.6 Å². The fourth-order valence-corrected chi connectivity index (χ4v) is 3.05. The zero-order valence-corrected chi connectivity index (χ0v) is 16.0. The lowest BCUT2D eigenvalue weighted by Crippen LogP contribution is -2.48. The molecule has 0 bridgehead atoms. The molecular formula is C19H31N5O2. The van der Waals surface area contributed by atoms with Gasteiger partial charge in [-0.25, -0.2) is 4.79 Å². The van der Waals surface area contributed by atoms with E-state index in [4.69, 9.17) is 5.73 Å². The molecule has 0 aliphatic carbocycles. The largest absolute Gasteiger partial charge is 0.335 e. The monoisotopic (exact) mass is 361 g/mol. The first-order chi connectivity index (χ1) is 12.3. The van der Waals surface area contributed by atoms with Gasteiger partial charge in [0.25, 0.3) is 0 Å². The molecule has 3 amide bonds. The Bertz CT molecular complexity index is 607. The number of nitrogens with zero attached hydrogens (tertiary/aromatic N) is 1. The van der Waals surface area contributed by atoms with Gasteiger partial charge in [-0.3, -0.25) is 4.79 Å². The Hall–Kier alpha value is -2.12. The average molecular weight is 361 g/mol. The second-order valence-corrected chi connectivity index (χ2v) is 7.37. The van der Waals surface area contributed by atoms with Crippen molar-refractivity contribution in [3.8, 4) is 0 Å². The number of anilines is 2. The number of hydrogen-bond donors (Lipinski definition) is 4. The highest BCUT2D eigenvalue weighted by Crippen LogP contribution is 2.17. The van der Waals surface area contributed by atoms with Gasteiger partial charge in [-0.1, -0.05) is 13.3 Å². The third-order valence-electron chi connectivity index (χ3n) is 4.74. The van der Waals surface area contributed by atoms with Gasteiger partial charge in [-0.2, -0.15) is 0 Å². The number of rotatable bonds is 6. The minimum Gasteiger partial charge on any atom is -0.335 e. The van der Waals surface area contributed by atoms with Crippen LogP contribution in [0.25, 0.3) is 0 Å². The number of benzene rings is 1. The van der Waals surface area contributed by atoms with Crippen LogP contribution >= 0.6 is 0 Å². The molecule has 7 nitrogen and oxygen atoms in total. The highest BCUT2D eigenvalue weighted by molar-refractivity contribution is 5.98. The maximum absolute atomic E-state index is 12.2. The first kappa shape index (κ1) is 20.2. The summed E-state index contributed by atoms with van der Waals surface area (Å²) in [5.74, 6) is -0.208. The van der Waals surface area contributed by atoms with E-state index in [-0.39, 0.29) is 18.0 Å². The Morgan fingerprint density at radius 3 is 2.23 bits per heavy atom. The van der Waals surface area contributed by atoms with E-state index in [0.717, 1.165) is 32.4 Å². The minimum absolute atomic E-state index is 0.200. The molecule has 1 aliphatic heterocycles. The van der Waals surface area contributed by atoms with Crippen LogP contribution in [0.5, 0.6) is 0 Å². The van der Waals surface area contributed by atoms with Gasteiger partial charge in [0.1, 0.15) is 0 Å². The van der Waals surface area contributed by atoms with Crippen LogP contribution in [0.4, 0.5) is 16.2 Å². The van der Waals surface area contributed by atoms with Crippen molar-refractivity contribution in [1.29, 1.82) is 0 Å². The smallest absolute Gasteiger partial charge is 0.319 e. The molecule has 0 saturated carbocycles. The highest BCUT2D eigenvalue weighted by atomic mass is 16.2. The molecule has 2 rings (SSSR count). The van der Waals surface area contributed by atoms with E-state index >= 15 is 0 Å². The Kier molecular flexibility index (Phi) is 6.99. The van der Waals surface area contributed by atoms with Gasteiger partial charge in [0.15, 0.2) is 0 Å². The van der Waals surface area contributed by atoms with Gasteiger partial charge in [0, 0.05) is 17.4 Å². The standard InChI is InChI=1S/C19H31N5O2/c1-4-11-19(2,20)17(25)21-14-5-7-15(8-6-14)22-18(26)23-16-9-12-24(3)13-10-16/h5-8,16H,4,9-13,20H2,1-3H3,(H,21,25)(H2,22,23,26). The Balaban J connectivity index is 1.83. The third-order valence-corrected chi connectivity index (χ3v) is 4.74. The van der Waals surface area contributed by atoms with Crippen molar-refractivity contribution < 1.29 is 9.59 Å². The fourth-order valence-electron chi connectivity index (χ4n) is 3.05. The van der Waals surface area contributed by atoms with Gasteiger partial charge < -0.3 is 26.6 Å². The van der Waals surface area contributed by atoms with Crippen molar-refractivity contribution >= 4 is 23.3 Å². The number of nitrogens with one attached hydrogen (secondary N) is 3. The number of carbonyl (C=O) groups excluding carboxylic acids is 2. The lowest BCUT2D eigenvalue weighted by Gasteiger charge is -2.29. The summed E-state index contributed by atoms with van der Waals surface area (Å²) in [5, 5.41) is 8.66. The second kappa shape index (κ2) is 9.00. The highest BCUT2D eigenvalue weighted by Gasteiger charge is 2.27. The van der Waals surface area contributed by atoms with E-state index < -0.39 is 5.54 Å². The first-order valence-corrected chi connectivity index (χ1v) is 9.26. The van der Waals surface area contributed by atoms with E-state index in [9.17, 15) is 9.59 Å². The average Bonchev–Trinajstić information content (AvgIpc) is 2.58. The van der Waals surface area contributed by atoms with E-state index in [2.05, 4.69) is 27.9 Å². The van der Waals surface area contributed by atoms with Crippen LogP contribution in [0.1, 0.15) is 39.5 Å². The number of carbonyl (C=O) groups is 2. The van der Waals surface area contributed by atoms with Crippen molar-refractivity contribution in [2.24, 2.45) is 5.73 Å². The van der Waals surface area contributed by atoms with Crippen molar-refractivity contribution in [2.45, 2.75) is 51.1 Å². The van der Waals surface area contributed by atoms with Crippen LogP contribution < -0.4 is 21.7 Å². The van der Waals surface area contributed by atoms with Crippen molar-refractivity contribution in [1.82, 2.24) is 10.2 Å². The zero-order chi connectivity index (χ0) is 19.2. The lowest BCUT2D eigenvalue weighted by atomic mass is 9.96. The molecule has 7 heteroatoms. The molecular weight excluding hydrogens is 330 g/mol. The molecule has 144 valence electrons. The molecule has 1 saturated heterocycles. The van der Waals surface area contributed by atoms with Gasteiger partial charge in [-0.15, -0.1) is 0 Å². The quantitative estimate of drug-likeness (QED) is 0.625. The maximum Gasteiger partial charge on any atom is 0.319 e. The second-order valence-electron chi connectivity index (χ2n) is 7.37. The number of hydrogen-bond acceptors (Lipinski definition) is 4. The normalized spacial score (nSPS) is 18.0. The van der Waals surface area contributed by atoms with E-state index in [1.54, 1.807) is 31.2 Å². The summed E-state index contributed by atoms with van der Waals surface area (Å²) in [6, 6.07) is 7.05. The van der Waals surface area contributed by atoms with Crippen LogP contribution in [0.15, 0.2) is 24.3 Å². The van der Waals surface area contributed by atoms with Gasteiger partial charge in [-0.05, 0) is 70.6 Å². The summed E-state index contributed by atoms with van der Waals surface area (Å²) in [6.07, 6.45) is 3.39. The molecule has 1 atom stereocenters. The van der Waals surface area contributed by atoms with Gasteiger partial charge in [0.2, 0.25) is 5.91 Å². The molecule has 1 aliphatic rings. The molecule has 1 fully saturated rings. The fraction of sp³-hybridized carbons (Fsp3) is 0.579. The SMILES string of the molecule is CCCC(C)(N)C(=O)Nc1ccc(NC(=O)NC2CCN(C)CC2)cc1. The number of amides is 3. The number of urea groups is 1. The lowest BCUT2D eigenvalue weighted by molar-refractivity contribution is -0.120. The van der Waals surface area contributed by atoms with E-state index in [1.165, 1.54) is 0 Å². The topological polar surface area (TPSA) is 99.5 Å². The van der Waals surface area contributed by atoms with Crippen LogP contribution in [0.3, 0.4) is 0 Å². The predicted octanol–water partition coefficient (Wildman–Crippen LogP) is 2.36. The summed E-state index contributed by atoms with van der Waals surface area (Å²) in [5.41, 5.74) is 6.48.